The van der Waals surface area contributed by atoms with Crippen LogP contribution in [0.3, 0.4) is 0 Å². The van der Waals surface area contributed by atoms with Gasteiger partial charge in [-0.15, -0.1) is 0 Å². The highest BCUT2D eigenvalue weighted by molar-refractivity contribution is 5.33. The molecule has 1 saturated heterocycles. The van der Waals surface area contributed by atoms with Crippen LogP contribution in [0.5, 0.6) is 0 Å². The van der Waals surface area contributed by atoms with Crippen LogP contribution in [0.2, 0.25) is 0 Å². The Bertz CT molecular complexity index is 456. The standard InChI is InChI=1S/C15H20F3NO/c1-11-4-3-5-12(2)13(11)10-19-8-6-14(20,7-9-19)15(16,17)18/h3-5,20H,6-10H2,1-2H3. The molecular formula is C15H20F3NO. The number of aliphatic hydroxyl groups is 1. The predicted octanol–water partition coefficient (Wildman–Crippen LogP) is 3.19. The SMILES string of the molecule is Cc1cccc(C)c1CN1CCC(O)(C(F)(F)F)CC1. The zero-order chi connectivity index (χ0) is 15.0. The van der Waals surface area contributed by atoms with Crippen molar-refractivity contribution in [1.29, 1.82) is 0 Å². The average Bonchev–Trinajstić information content (AvgIpc) is 2.35. The van der Waals surface area contributed by atoms with Crippen LogP contribution in [0.15, 0.2) is 18.2 Å². The number of benzene rings is 1. The van der Waals surface area contributed by atoms with Crippen LogP contribution in [-0.4, -0.2) is 34.9 Å². The summed E-state index contributed by atoms with van der Waals surface area (Å²) in [4.78, 5) is 1.98. The molecule has 1 fully saturated rings. The minimum absolute atomic E-state index is 0.249. The van der Waals surface area contributed by atoms with Gasteiger partial charge in [-0.25, -0.2) is 0 Å². The van der Waals surface area contributed by atoms with Crippen molar-refractivity contribution in [2.45, 2.75) is 45.0 Å². The van der Waals surface area contributed by atoms with Crippen LogP contribution in [0.1, 0.15) is 29.5 Å². The Labute approximate surface area is 117 Å². The number of hydrogen-bond acceptors (Lipinski definition) is 2. The van der Waals surface area contributed by atoms with Crippen molar-refractivity contribution >= 4 is 0 Å². The van der Waals surface area contributed by atoms with Gasteiger partial charge >= 0.3 is 6.18 Å². The fourth-order valence-corrected chi connectivity index (χ4v) is 2.69. The lowest BCUT2D eigenvalue weighted by atomic mass is 9.90. The Morgan fingerprint density at radius 3 is 2.10 bits per heavy atom. The van der Waals surface area contributed by atoms with E-state index in [1.165, 1.54) is 5.56 Å². The molecule has 1 aromatic carbocycles. The van der Waals surface area contributed by atoms with Crippen molar-refractivity contribution in [3.05, 3.63) is 34.9 Å². The summed E-state index contributed by atoms with van der Waals surface area (Å²) in [6, 6.07) is 6.00. The van der Waals surface area contributed by atoms with Crippen LogP contribution < -0.4 is 0 Å². The molecule has 0 amide bonds. The molecule has 1 aliphatic rings. The van der Waals surface area contributed by atoms with Crippen LogP contribution in [0, 0.1) is 13.8 Å². The van der Waals surface area contributed by atoms with Gasteiger partial charge in [-0.1, -0.05) is 18.2 Å². The first-order chi connectivity index (χ1) is 9.23. The Hall–Kier alpha value is -1.07. The molecule has 0 radical (unpaired) electrons. The van der Waals surface area contributed by atoms with E-state index >= 15 is 0 Å². The fourth-order valence-electron chi connectivity index (χ4n) is 2.69. The molecule has 1 heterocycles. The third-order valence-corrected chi connectivity index (χ3v) is 4.24. The van der Waals surface area contributed by atoms with E-state index in [9.17, 15) is 18.3 Å². The number of halogens is 3. The monoisotopic (exact) mass is 287 g/mol. The highest BCUT2D eigenvalue weighted by atomic mass is 19.4. The van der Waals surface area contributed by atoms with Crippen molar-refractivity contribution in [2.24, 2.45) is 0 Å². The van der Waals surface area contributed by atoms with Gasteiger partial charge in [0.25, 0.3) is 0 Å². The Morgan fingerprint density at radius 2 is 1.65 bits per heavy atom. The van der Waals surface area contributed by atoms with E-state index in [4.69, 9.17) is 0 Å². The van der Waals surface area contributed by atoms with Crippen LogP contribution in [0.4, 0.5) is 13.2 Å². The molecule has 0 unspecified atom stereocenters. The first-order valence-electron chi connectivity index (χ1n) is 6.79. The highest BCUT2D eigenvalue weighted by Gasteiger charge is 2.54. The molecule has 2 rings (SSSR count). The molecule has 0 atom stereocenters. The van der Waals surface area contributed by atoms with Crippen LogP contribution >= 0.6 is 0 Å². The minimum Gasteiger partial charge on any atom is -0.380 e. The second kappa shape index (κ2) is 5.37. The first kappa shape index (κ1) is 15.3. The van der Waals surface area contributed by atoms with Gasteiger partial charge < -0.3 is 5.11 Å². The summed E-state index contributed by atoms with van der Waals surface area (Å²) in [6.45, 7) is 5.21. The molecule has 0 spiro atoms. The summed E-state index contributed by atoms with van der Waals surface area (Å²) in [5.74, 6) is 0. The summed E-state index contributed by atoms with van der Waals surface area (Å²) in [5.41, 5.74) is 0.970. The van der Waals surface area contributed by atoms with E-state index < -0.39 is 11.8 Å². The summed E-state index contributed by atoms with van der Waals surface area (Å²) in [7, 11) is 0. The lowest BCUT2D eigenvalue weighted by Crippen LogP contribution is -2.53. The van der Waals surface area contributed by atoms with Crippen LogP contribution in [0.25, 0.3) is 0 Å². The van der Waals surface area contributed by atoms with E-state index in [0.29, 0.717) is 6.54 Å². The first-order valence-corrected chi connectivity index (χ1v) is 6.79. The Balaban J connectivity index is 2.02. The quantitative estimate of drug-likeness (QED) is 0.903. The van der Waals surface area contributed by atoms with Gasteiger partial charge in [0.1, 0.15) is 0 Å². The van der Waals surface area contributed by atoms with Crippen molar-refractivity contribution < 1.29 is 18.3 Å². The van der Waals surface area contributed by atoms with E-state index in [2.05, 4.69) is 0 Å². The molecule has 0 aliphatic carbocycles. The number of piperidine rings is 1. The molecule has 0 aromatic heterocycles. The average molecular weight is 287 g/mol. The smallest absolute Gasteiger partial charge is 0.380 e. The van der Waals surface area contributed by atoms with E-state index in [0.717, 1.165) is 11.1 Å². The van der Waals surface area contributed by atoms with Gasteiger partial charge in [-0.3, -0.25) is 4.90 Å². The topological polar surface area (TPSA) is 23.5 Å². The zero-order valence-corrected chi connectivity index (χ0v) is 11.8. The molecule has 2 nitrogen and oxygen atoms in total. The normalized spacial score (nSPS) is 20.1. The highest BCUT2D eigenvalue weighted by Crippen LogP contribution is 2.38. The summed E-state index contributed by atoms with van der Waals surface area (Å²) >= 11 is 0. The molecular weight excluding hydrogens is 267 g/mol. The van der Waals surface area contributed by atoms with Gasteiger partial charge in [-0.2, -0.15) is 13.2 Å². The molecule has 1 aliphatic heterocycles. The number of rotatable bonds is 2. The van der Waals surface area contributed by atoms with Gasteiger partial charge in [0, 0.05) is 19.6 Å². The van der Waals surface area contributed by atoms with Gasteiger partial charge in [-0.05, 0) is 43.4 Å². The maximum Gasteiger partial charge on any atom is 0.417 e. The molecule has 1 N–H and O–H groups in total. The van der Waals surface area contributed by atoms with Gasteiger partial charge in [0.05, 0.1) is 0 Å². The lowest BCUT2D eigenvalue weighted by Gasteiger charge is -2.39. The molecule has 112 valence electrons. The second-order valence-corrected chi connectivity index (χ2v) is 5.68. The molecule has 20 heavy (non-hydrogen) atoms. The number of alkyl halides is 3. The number of nitrogens with zero attached hydrogens (tertiary/aromatic N) is 1. The minimum atomic E-state index is -4.53. The molecule has 0 bridgehead atoms. The van der Waals surface area contributed by atoms with E-state index in [-0.39, 0.29) is 25.9 Å². The molecule has 5 heteroatoms. The van der Waals surface area contributed by atoms with Crippen LogP contribution in [-0.2, 0) is 6.54 Å². The zero-order valence-electron chi connectivity index (χ0n) is 11.8. The van der Waals surface area contributed by atoms with Gasteiger partial charge in [0.15, 0.2) is 5.60 Å². The number of aryl methyl sites for hydroxylation is 2. The predicted molar refractivity (Wildman–Crippen MR) is 71.4 cm³/mol. The Kier molecular flexibility index (Phi) is 4.12. The van der Waals surface area contributed by atoms with Gasteiger partial charge in [0.2, 0.25) is 0 Å². The maximum absolute atomic E-state index is 12.7. The van der Waals surface area contributed by atoms with Crippen molar-refractivity contribution in [1.82, 2.24) is 4.90 Å². The van der Waals surface area contributed by atoms with E-state index in [1.54, 1.807) is 0 Å². The number of hydrogen-bond donors (Lipinski definition) is 1. The molecule has 1 aromatic rings. The summed E-state index contributed by atoms with van der Waals surface area (Å²) in [5, 5.41) is 9.65. The van der Waals surface area contributed by atoms with Crippen molar-refractivity contribution in [3.63, 3.8) is 0 Å². The number of likely N-dealkylation sites (tertiary alicyclic amines) is 1. The fraction of sp³-hybridized carbons (Fsp3) is 0.600. The maximum atomic E-state index is 12.7. The van der Waals surface area contributed by atoms with E-state index in [1.807, 2.05) is 36.9 Å². The molecule has 0 saturated carbocycles. The summed E-state index contributed by atoms with van der Waals surface area (Å²) < 4.78 is 38.2. The second-order valence-electron chi connectivity index (χ2n) is 5.68. The lowest BCUT2D eigenvalue weighted by molar-refractivity contribution is -0.272. The van der Waals surface area contributed by atoms with Crippen molar-refractivity contribution in [2.75, 3.05) is 13.1 Å². The Morgan fingerprint density at radius 1 is 1.15 bits per heavy atom. The third kappa shape index (κ3) is 2.99. The summed E-state index contributed by atoms with van der Waals surface area (Å²) in [6.07, 6.45) is -5.03. The third-order valence-electron chi connectivity index (χ3n) is 4.24. The largest absolute Gasteiger partial charge is 0.417 e. The van der Waals surface area contributed by atoms with Crippen molar-refractivity contribution in [3.8, 4) is 0 Å².